The number of hydrogen-bond acceptors (Lipinski definition) is 18. The van der Waals surface area contributed by atoms with Gasteiger partial charge in [0.25, 0.3) is 17.4 Å². The van der Waals surface area contributed by atoms with Crippen LogP contribution in [0, 0.1) is 0 Å². The Morgan fingerprint density at radius 1 is 1.13 bits per heavy atom. The lowest BCUT2D eigenvalue weighted by Crippen LogP contribution is -2.76. The van der Waals surface area contributed by atoms with Crippen LogP contribution in [-0.4, -0.2) is 113 Å². The van der Waals surface area contributed by atoms with Gasteiger partial charge in [0.15, 0.2) is 22.9 Å². The predicted molar refractivity (Wildman–Crippen MR) is 224 cm³/mol. The van der Waals surface area contributed by atoms with E-state index < -0.39 is 74.5 Å². The van der Waals surface area contributed by atoms with Crippen LogP contribution >= 0.6 is 11.3 Å². The van der Waals surface area contributed by atoms with Gasteiger partial charge in [-0.3, -0.25) is 19.5 Å². The molecule has 0 bridgehead atoms. The monoisotopic (exact) mass is 891 g/mol. The number of fused-ring (bicyclic) bond motifs is 1. The number of aryl methyl sites for hydroxylation is 1. The third-order valence-electron chi connectivity index (χ3n) is 9.28. The van der Waals surface area contributed by atoms with Crippen LogP contribution in [0.4, 0.5) is 9.93 Å². The normalized spacial score (nSPS) is 20.0. The molecule has 1 aromatic heterocycles. The average Bonchev–Trinajstić information content (AvgIpc) is 3.61. The highest BCUT2D eigenvalue weighted by molar-refractivity contribution is 7.80. The van der Waals surface area contributed by atoms with Crippen molar-refractivity contribution >= 4 is 68.0 Å². The van der Waals surface area contributed by atoms with Gasteiger partial charge in [-0.1, -0.05) is 11.2 Å². The Hall–Kier alpha value is -5.36. The van der Waals surface area contributed by atoms with Gasteiger partial charge in [0, 0.05) is 18.1 Å². The van der Waals surface area contributed by atoms with Gasteiger partial charge in [0.2, 0.25) is 0 Å². The second-order valence-corrected chi connectivity index (χ2v) is 18.9. The van der Waals surface area contributed by atoms with Crippen molar-refractivity contribution in [3.63, 3.8) is 0 Å². The number of nitrogens with two attached hydrogens (primary N) is 1. The molecule has 5 rings (SSSR count). The van der Waals surface area contributed by atoms with Gasteiger partial charge in [-0.25, -0.2) is 19.6 Å². The van der Waals surface area contributed by atoms with Gasteiger partial charge in [0.1, 0.15) is 28.7 Å². The van der Waals surface area contributed by atoms with Crippen LogP contribution in [0.2, 0.25) is 0 Å². The van der Waals surface area contributed by atoms with Crippen LogP contribution in [0.3, 0.4) is 0 Å². The van der Waals surface area contributed by atoms with E-state index in [-0.39, 0.29) is 17.2 Å². The zero-order valence-corrected chi connectivity index (χ0v) is 37.0. The van der Waals surface area contributed by atoms with Crippen molar-refractivity contribution in [3.05, 3.63) is 46.6 Å². The maximum absolute atomic E-state index is 14.1. The van der Waals surface area contributed by atoms with Gasteiger partial charge in [0.05, 0.1) is 12.1 Å². The fourth-order valence-corrected chi connectivity index (χ4v) is 7.31. The Morgan fingerprint density at radius 2 is 1.84 bits per heavy atom. The molecule has 4 heterocycles. The highest BCUT2D eigenvalue weighted by Crippen LogP contribution is 2.37. The Morgan fingerprint density at radius 3 is 2.44 bits per heavy atom. The van der Waals surface area contributed by atoms with Gasteiger partial charge < -0.3 is 40.7 Å². The minimum absolute atomic E-state index is 0.00483. The number of β-lactam (4-membered cyclic amide) rings is 1. The summed E-state index contributed by atoms with van der Waals surface area (Å²) >= 11 is 0.911. The third-order valence-corrected chi connectivity index (χ3v) is 10.4. The number of aliphatic imine (C=N–C) groups is 1. The number of aromatic nitrogens is 1. The number of nitrogens with one attached hydrogen (secondary N) is 4. The van der Waals surface area contributed by atoms with Crippen LogP contribution < -0.4 is 31.7 Å². The molecule has 1 aromatic carbocycles. The zero-order valence-electron chi connectivity index (χ0n) is 35.4. The summed E-state index contributed by atoms with van der Waals surface area (Å²) in [4.78, 5) is 68.6. The average molecular weight is 892 g/mol. The number of hydrogen-bond donors (Lipinski definition) is 6. The summed E-state index contributed by atoms with van der Waals surface area (Å²) < 4.78 is 53.9. The fraction of sp³-hybridized carbons (Fsp3) is 0.553. The van der Waals surface area contributed by atoms with E-state index in [1.165, 1.54) is 26.2 Å². The quantitative estimate of drug-likeness (QED) is 0.0397. The minimum atomic E-state index is -5.08. The van der Waals surface area contributed by atoms with Crippen molar-refractivity contribution in [1.29, 1.82) is 0 Å². The Balaban J connectivity index is 1.44. The molecule has 0 saturated carbocycles. The fourth-order valence-electron chi connectivity index (χ4n) is 6.18. The molecule has 61 heavy (non-hydrogen) atoms. The molecule has 3 amide bonds. The zero-order chi connectivity index (χ0) is 45.1. The lowest BCUT2D eigenvalue weighted by molar-refractivity contribution is -0.218. The molecule has 0 unspecified atom stereocenters. The first-order valence-electron chi connectivity index (χ1n) is 19.3. The van der Waals surface area contributed by atoms with Gasteiger partial charge >= 0.3 is 22.5 Å². The molecule has 0 spiro atoms. The van der Waals surface area contributed by atoms with E-state index in [0.717, 1.165) is 34.5 Å². The van der Waals surface area contributed by atoms with E-state index in [9.17, 15) is 32.1 Å². The predicted octanol–water partition coefficient (Wildman–Crippen LogP) is 2.78. The van der Waals surface area contributed by atoms with Gasteiger partial charge in [-0.2, -0.15) is 13.5 Å². The summed E-state index contributed by atoms with van der Waals surface area (Å²) in [7, 11) is -5.08. The molecule has 1 saturated heterocycles. The number of anilines is 1. The van der Waals surface area contributed by atoms with Crippen molar-refractivity contribution in [2.45, 2.75) is 116 Å². The van der Waals surface area contributed by atoms with Gasteiger partial charge in [-0.05, 0) is 117 Å². The van der Waals surface area contributed by atoms with Crippen molar-refractivity contribution in [2.24, 2.45) is 15.9 Å². The van der Waals surface area contributed by atoms with Crippen LogP contribution in [0.1, 0.15) is 92.0 Å². The van der Waals surface area contributed by atoms with Crippen LogP contribution in [0.5, 0.6) is 5.75 Å². The van der Waals surface area contributed by atoms with Crippen LogP contribution in [-0.2, 0) is 49.8 Å². The summed E-state index contributed by atoms with van der Waals surface area (Å²) in [5.74, 6) is -1.77. The maximum atomic E-state index is 14.1. The Labute approximate surface area is 357 Å². The van der Waals surface area contributed by atoms with E-state index in [1.54, 1.807) is 47.6 Å². The first-order valence-corrected chi connectivity index (χ1v) is 21.6. The van der Waals surface area contributed by atoms with Crippen molar-refractivity contribution in [3.8, 4) is 5.75 Å². The summed E-state index contributed by atoms with van der Waals surface area (Å²) in [5.41, 5.74) is 2.34. The molecular weight excluding hydrogens is 839 g/mol. The molecule has 23 heteroatoms. The van der Waals surface area contributed by atoms with E-state index in [4.69, 9.17) is 24.8 Å². The maximum Gasteiger partial charge on any atom is 0.418 e. The lowest BCUT2D eigenvalue weighted by Gasteiger charge is -2.50. The van der Waals surface area contributed by atoms with Crippen LogP contribution in [0.25, 0.3) is 5.57 Å². The minimum Gasteiger partial charge on any atom is -0.485 e. The van der Waals surface area contributed by atoms with E-state index >= 15 is 0 Å². The molecule has 334 valence electrons. The highest BCUT2D eigenvalue weighted by Gasteiger charge is 2.58. The van der Waals surface area contributed by atoms with Crippen LogP contribution in [0.15, 0.2) is 39.9 Å². The number of nitrogens with zero attached hydrogens (tertiary/aromatic N) is 4. The first kappa shape index (κ1) is 46.7. The summed E-state index contributed by atoms with van der Waals surface area (Å²) in [6, 6.07) is 4.26. The van der Waals surface area contributed by atoms with E-state index in [2.05, 4.69) is 40.7 Å². The highest BCUT2D eigenvalue weighted by atomic mass is 32.3. The van der Waals surface area contributed by atoms with Gasteiger partial charge in [-0.15, -0.1) is 15.6 Å². The molecular formula is C38H53N9O12S2. The summed E-state index contributed by atoms with van der Waals surface area (Å²) in [6.07, 6.45) is 1.57. The molecule has 3 aliphatic rings. The van der Waals surface area contributed by atoms with Crippen molar-refractivity contribution in [1.82, 2.24) is 26.0 Å². The number of hydroxylamine groups is 2. The van der Waals surface area contributed by atoms with E-state index in [1.807, 2.05) is 18.3 Å². The largest absolute Gasteiger partial charge is 0.485 e. The number of guanidine groups is 1. The number of carbonyl (C=O) groups is 4. The third kappa shape index (κ3) is 11.7. The van der Waals surface area contributed by atoms with E-state index in [0.29, 0.717) is 42.8 Å². The molecule has 7 N–H and O–H groups in total. The standard InChI is InChI=1S/C38H53N9O12S2/c1-35(2,3)56-31(50)38(9,26-14-12-22-17-21(11-13-25(22)55-26)23-18-41-32(42-19-23)40-16-10-15-39)58-46-27(24-20-60-33(43-24)45-34(51)57-36(4,5)6)29(48)44-28-30(49)47(37(28,7)8)59-61(52,53)54/h11,13,17-18,20,26,28H,10,12,14-16,19,39H2,1-9H3,(H,44,48)(H2,40,41,42)(H,43,45,51)(H,52,53,54)/b46-27-/t26-,28-,38+/m1/s1. The molecule has 3 aliphatic heterocycles. The second kappa shape index (κ2) is 17.9. The number of carbonyl (C=O) groups excluding carboxylic acids is 4. The number of thiazole rings is 1. The number of esters is 1. The van der Waals surface area contributed by atoms with Crippen molar-refractivity contribution in [2.75, 3.05) is 25.0 Å². The Kier molecular flexibility index (Phi) is 13.7. The topological polar surface area (TPSA) is 284 Å². The lowest BCUT2D eigenvalue weighted by atomic mass is 9.84. The number of rotatable bonds is 14. The molecule has 2 aromatic rings. The molecule has 3 atom stereocenters. The molecule has 21 nitrogen and oxygen atoms in total. The summed E-state index contributed by atoms with van der Waals surface area (Å²) in [6.45, 7) is 15.9. The number of ether oxygens (including phenoxy) is 3. The smallest absolute Gasteiger partial charge is 0.418 e. The number of amides is 3. The summed E-state index contributed by atoms with van der Waals surface area (Å²) in [5, 5.41) is 17.3. The SMILES string of the molecule is CC(C)(C)OC(=O)Nc1nc(/C(=N/O[C@](C)(C(=O)OC(C)(C)C)[C@H]2CCc3cc(C4=CNC(NCCCN)=NC4)ccc3O2)C(=O)N[C@@H]2C(=O)N(OS(=O)(=O)O)C2(C)C)cs1. The molecule has 0 radical (unpaired) electrons. The molecule has 0 aliphatic carbocycles. The number of benzene rings is 1. The first-order chi connectivity index (χ1) is 28.3. The van der Waals surface area contributed by atoms with Crippen molar-refractivity contribution < 1.29 is 55.5 Å². The second-order valence-electron chi connectivity index (χ2n) is 17.0. The Bertz CT molecular complexity index is 2230. The number of oxime groups is 1. The molecule has 1 fully saturated rings.